The fourth-order valence-electron chi connectivity index (χ4n) is 1.40. The van der Waals surface area contributed by atoms with Crippen LogP contribution in [-0.4, -0.2) is 17.4 Å². The minimum absolute atomic E-state index is 0.105. The van der Waals surface area contributed by atoms with Crippen LogP contribution in [0.4, 0.5) is 0 Å². The predicted molar refractivity (Wildman–Crippen MR) is 71.4 cm³/mol. The lowest BCUT2D eigenvalue weighted by molar-refractivity contribution is -0.125. The van der Waals surface area contributed by atoms with Gasteiger partial charge in [-0.2, -0.15) is 0 Å². The van der Waals surface area contributed by atoms with Crippen molar-refractivity contribution < 1.29 is 9.59 Å². The van der Waals surface area contributed by atoms with E-state index >= 15 is 0 Å². The van der Waals surface area contributed by atoms with E-state index in [1.165, 1.54) is 0 Å². The molecular weight excluding hydrogens is 252 g/mol. The van der Waals surface area contributed by atoms with E-state index in [1.54, 1.807) is 31.2 Å². The van der Waals surface area contributed by atoms with Crippen molar-refractivity contribution >= 4 is 23.4 Å². The monoisotopic (exact) mass is 268 g/mol. The third kappa shape index (κ3) is 3.01. The number of amides is 2. The normalized spacial score (nSPS) is 14.1. The molecule has 5 heteroatoms. The van der Waals surface area contributed by atoms with Gasteiger partial charge < -0.3 is 11.1 Å². The van der Waals surface area contributed by atoms with Crippen LogP contribution in [0.5, 0.6) is 0 Å². The first-order valence-corrected chi connectivity index (χ1v) is 6.03. The zero-order chi connectivity index (χ0) is 13.9. The van der Waals surface area contributed by atoms with Gasteiger partial charge in [0, 0.05) is 10.6 Å². The van der Waals surface area contributed by atoms with E-state index in [0.717, 1.165) is 0 Å². The number of nitrogens with two attached hydrogens (primary N) is 1. The summed E-state index contributed by atoms with van der Waals surface area (Å²) < 4.78 is 0. The lowest BCUT2D eigenvalue weighted by atomic mass is 9.87. The second-order valence-corrected chi connectivity index (χ2v) is 5.12. The summed E-state index contributed by atoms with van der Waals surface area (Å²) in [6.07, 6.45) is 0. The van der Waals surface area contributed by atoms with Gasteiger partial charge in [-0.3, -0.25) is 9.59 Å². The molecule has 0 saturated heterocycles. The van der Waals surface area contributed by atoms with Crippen LogP contribution in [0.25, 0.3) is 0 Å². The Bertz CT molecular complexity index is 457. The van der Waals surface area contributed by atoms with E-state index in [1.807, 2.05) is 13.8 Å². The number of hydrogen-bond donors (Lipinski definition) is 2. The number of benzene rings is 1. The molecule has 1 aromatic rings. The van der Waals surface area contributed by atoms with Gasteiger partial charge in [-0.05, 0) is 37.1 Å². The van der Waals surface area contributed by atoms with E-state index in [4.69, 9.17) is 17.3 Å². The van der Waals surface area contributed by atoms with Crippen LogP contribution in [0, 0.1) is 5.92 Å². The van der Waals surface area contributed by atoms with Crippen LogP contribution in [-0.2, 0) is 4.79 Å². The maximum Gasteiger partial charge on any atom is 0.252 e. The van der Waals surface area contributed by atoms with Gasteiger partial charge in [0.05, 0.1) is 0 Å². The largest absolute Gasteiger partial charge is 0.368 e. The van der Waals surface area contributed by atoms with Crippen molar-refractivity contribution in [2.24, 2.45) is 11.7 Å². The number of hydrogen-bond acceptors (Lipinski definition) is 2. The Balaban J connectivity index is 2.92. The first kappa shape index (κ1) is 14.5. The maximum atomic E-state index is 12.0. The van der Waals surface area contributed by atoms with E-state index < -0.39 is 11.4 Å². The average Bonchev–Trinajstić information content (AvgIpc) is 2.29. The highest BCUT2D eigenvalue weighted by Gasteiger charge is 2.36. The molecule has 0 spiro atoms. The molecule has 0 saturated carbocycles. The highest BCUT2D eigenvalue weighted by atomic mass is 35.5. The first-order chi connectivity index (χ1) is 8.27. The van der Waals surface area contributed by atoms with Gasteiger partial charge in [0.1, 0.15) is 5.54 Å². The molecular formula is C13H17ClN2O2. The number of carbonyl (C=O) groups excluding carboxylic acids is 2. The van der Waals surface area contributed by atoms with E-state index in [-0.39, 0.29) is 11.8 Å². The summed E-state index contributed by atoms with van der Waals surface area (Å²) >= 11 is 5.74. The molecule has 0 radical (unpaired) electrons. The van der Waals surface area contributed by atoms with Crippen molar-refractivity contribution in [2.45, 2.75) is 26.3 Å². The summed E-state index contributed by atoms with van der Waals surface area (Å²) in [5, 5.41) is 3.22. The Morgan fingerprint density at radius 2 is 1.78 bits per heavy atom. The van der Waals surface area contributed by atoms with Gasteiger partial charge in [0.2, 0.25) is 5.91 Å². The lowest BCUT2D eigenvalue weighted by Crippen LogP contribution is -2.58. The molecule has 0 heterocycles. The molecule has 0 bridgehead atoms. The third-order valence-electron chi connectivity index (χ3n) is 3.15. The molecule has 0 aliphatic carbocycles. The van der Waals surface area contributed by atoms with Gasteiger partial charge in [-0.15, -0.1) is 0 Å². The van der Waals surface area contributed by atoms with Crippen molar-refractivity contribution in [3.05, 3.63) is 34.9 Å². The minimum atomic E-state index is -1.07. The summed E-state index contributed by atoms with van der Waals surface area (Å²) in [5.41, 5.74) is 4.71. The van der Waals surface area contributed by atoms with Crippen LogP contribution >= 0.6 is 11.6 Å². The number of nitrogens with one attached hydrogen (secondary N) is 1. The molecule has 0 aliphatic rings. The molecule has 0 fully saturated rings. The summed E-state index contributed by atoms with van der Waals surface area (Å²) in [4.78, 5) is 23.5. The SMILES string of the molecule is CC(C)C(C)(NC(=O)c1ccc(Cl)cc1)C(N)=O. The van der Waals surface area contributed by atoms with Crippen molar-refractivity contribution in [1.29, 1.82) is 0 Å². The van der Waals surface area contributed by atoms with E-state index in [0.29, 0.717) is 10.6 Å². The Kier molecular flexibility index (Phi) is 4.35. The Hall–Kier alpha value is -1.55. The van der Waals surface area contributed by atoms with Crippen molar-refractivity contribution in [2.75, 3.05) is 0 Å². The van der Waals surface area contributed by atoms with Crippen LogP contribution in [0.1, 0.15) is 31.1 Å². The summed E-state index contributed by atoms with van der Waals surface area (Å²) in [6, 6.07) is 6.43. The molecule has 18 heavy (non-hydrogen) atoms. The summed E-state index contributed by atoms with van der Waals surface area (Å²) in [5.74, 6) is -1.01. The van der Waals surface area contributed by atoms with Crippen molar-refractivity contribution in [3.8, 4) is 0 Å². The highest BCUT2D eigenvalue weighted by molar-refractivity contribution is 6.30. The molecule has 1 atom stereocenters. The van der Waals surface area contributed by atoms with Crippen LogP contribution in [0.15, 0.2) is 24.3 Å². The number of carbonyl (C=O) groups is 2. The molecule has 4 nitrogen and oxygen atoms in total. The molecule has 2 amide bonds. The van der Waals surface area contributed by atoms with Crippen LogP contribution in [0.3, 0.4) is 0 Å². The molecule has 98 valence electrons. The molecule has 3 N–H and O–H groups in total. The first-order valence-electron chi connectivity index (χ1n) is 5.65. The fourth-order valence-corrected chi connectivity index (χ4v) is 1.53. The topological polar surface area (TPSA) is 72.2 Å². The van der Waals surface area contributed by atoms with Gasteiger partial charge in [0.25, 0.3) is 5.91 Å². The average molecular weight is 269 g/mol. The molecule has 0 aliphatic heterocycles. The predicted octanol–water partition coefficient (Wildman–Crippen LogP) is 1.97. The molecule has 1 rings (SSSR count). The standard InChI is InChI=1S/C13H17ClN2O2/c1-8(2)13(3,12(15)18)16-11(17)9-4-6-10(14)7-5-9/h4-8H,1-3H3,(H2,15,18)(H,16,17). The summed E-state index contributed by atoms with van der Waals surface area (Å²) in [6.45, 7) is 5.27. The highest BCUT2D eigenvalue weighted by Crippen LogP contribution is 2.17. The summed E-state index contributed by atoms with van der Waals surface area (Å²) in [7, 11) is 0. The quantitative estimate of drug-likeness (QED) is 0.876. The van der Waals surface area contributed by atoms with E-state index in [9.17, 15) is 9.59 Å². The molecule has 0 aromatic heterocycles. The van der Waals surface area contributed by atoms with Gasteiger partial charge in [-0.1, -0.05) is 25.4 Å². The lowest BCUT2D eigenvalue weighted by Gasteiger charge is -2.31. The zero-order valence-corrected chi connectivity index (χ0v) is 11.4. The van der Waals surface area contributed by atoms with Gasteiger partial charge in [0.15, 0.2) is 0 Å². The smallest absolute Gasteiger partial charge is 0.252 e. The molecule has 1 aromatic carbocycles. The Morgan fingerprint density at radius 3 is 2.17 bits per heavy atom. The third-order valence-corrected chi connectivity index (χ3v) is 3.40. The maximum absolute atomic E-state index is 12.0. The van der Waals surface area contributed by atoms with Crippen molar-refractivity contribution in [1.82, 2.24) is 5.32 Å². The van der Waals surface area contributed by atoms with Crippen molar-refractivity contribution in [3.63, 3.8) is 0 Å². The second-order valence-electron chi connectivity index (χ2n) is 4.68. The Labute approximate surface area is 112 Å². The van der Waals surface area contributed by atoms with Crippen LogP contribution < -0.4 is 11.1 Å². The second kappa shape index (κ2) is 5.40. The van der Waals surface area contributed by atoms with Crippen LogP contribution in [0.2, 0.25) is 5.02 Å². The van der Waals surface area contributed by atoms with Gasteiger partial charge in [-0.25, -0.2) is 0 Å². The number of halogens is 1. The van der Waals surface area contributed by atoms with E-state index in [2.05, 4.69) is 5.32 Å². The fraction of sp³-hybridized carbons (Fsp3) is 0.385. The zero-order valence-electron chi connectivity index (χ0n) is 10.7. The minimum Gasteiger partial charge on any atom is -0.368 e. The molecule has 1 unspecified atom stereocenters. The Morgan fingerprint density at radius 1 is 1.28 bits per heavy atom. The number of rotatable bonds is 4. The number of primary amides is 1. The van der Waals surface area contributed by atoms with Gasteiger partial charge >= 0.3 is 0 Å².